The maximum absolute atomic E-state index is 10.4. The molecule has 0 aliphatic carbocycles. The van der Waals surface area contributed by atoms with Crippen molar-refractivity contribution < 1.29 is 25.2 Å². The number of benzene rings is 1. The van der Waals surface area contributed by atoms with Crippen LogP contribution in [0.2, 0.25) is 0 Å². The number of aliphatic hydroxyl groups excluding tert-OH is 3. The zero-order valence-electron chi connectivity index (χ0n) is 13.4. The van der Waals surface area contributed by atoms with Crippen molar-refractivity contribution in [2.24, 2.45) is 5.92 Å². The molecule has 0 bridgehead atoms. The number of thiophene rings is 1. The van der Waals surface area contributed by atoms with Gasteiger partial charge < -0.3 is 25.2 Å². The molecule has 5 atom stereocenters. The first-order valence-corrected chi connectivity index (χ1v) is 8.86. The van der Waals surface area contributed by atoms with Gasteiger partial charge in [-0.15, -0.1) is 11.3 Å². The van der Waals surface area contributed by atoms with Crippen LogP contribution in [0.3, 0.4) is 0 Å². The molecule has 0 amide bonds. The molecule has 1 aliphatic heterocycles. The standard InChI is InChI=1S/C18H22O5S/c1-10-15(9-19)23-18(17(22)16(10)21)13-8-11(4-5-14(13)20)7-12-3-2-6-24-12/h2-6,8,10,15-22H,7,9H2,1H3/t10-,15-,16+,17-,18+/m1/s1. The quantitative estimate of drug-likeness (QED) is 0.675. The molecule has 5 nitrogen and oxygen atoms in total. The summed E-state index contributed by atoms with van der Waals surface area (Å²) in [5.41, 5.74) is 1.41. The van der Waals surface area contributed by atoms with Crippen molar-refractivity contribution in [1.29, 1.82) is 0 Å². The fraction of sp³-hybridized carbons (Fsp3) is 0.444. The van der Waals surface area contributed by atoms with E-state index >= 15 is 0 Å². The van der Waals surface area contributed by atoms with Crippen LogP contribution in [-0.2, 0) is 11.2 Å². The highest BCUT2D eigenvalue weighted by Crippen LogP contribution is 2.39. The van der Waals surface area contributed by atoms with Crippen molar-refractivity contribution in [2.45, 2.75) is 37.8 Å². The van der Waals surface area contributed by atoms with Crippen LogP contribution in [0.15, 0.2) is 35.7 Å². The van der Waals surface area contributed by atoms with Gasteiger partial charge in [-0.3, -0.25) is 0 Å². The molecule has 1 aromatic carbocycles. The molecule has 1 aromatic heterocycles. The Bertz CT molecular complexity index is 670. The molecule has 1 fully saturated rings. The Hall–Kier alpha value is -1.44. The van der Waals surface area contributed by atoms with Crippen LogP contribution in [0.25, 0.3) is 0 Å². The van der Waals surface area contributed by atoms with E-state index in [4.69, 9.17) is 4.74 Å². The molecule has 3 rings (SSSR count). The predicted octanol–water partition coefficient (Wildman–Crippen LogP) is 1.83. The van der Waals surface area contributed by atoms with Crippen LogP contribution in [-0.4, -0.2) is 45.3 Å². The van der Waals surface area contributed by atoms with Gasteiger partial charge in [-0.05, 0) is 29.1 Å². The first-order valence-electron chi connectivity index (χ1n) is 7.98. The van der Waals surface area contributed by atoms with E-state index in [0.717, 1.165) is 12.0 Å². The van der Waals surface area contributed by atoms with E-state index in [2.05, 4.69) is 0 Å². The second-order valence-corrected chi connectivity index (χ2v) is 7.30. The molecule has 2 aromatic rings. The van der Waals surface area contributed by atoms with Crippen LogP contribution < -0.4 is 0 Å². The van der Waals surface area contributed by atoms with Crippen molar-refractivity contribution in [3.05, 3.63) is 51.7 Å². The maximum Gasteiger partial charge on any atom is 0.121 e. The number of aliphatic hydroxyl groups is 3. The first kappa shape index (κ1) is 17.4. The minimum atomic E-state index is -1.16. The average Bonchev–Trinajstić information content (AvgIpc) is 3.08. The lowest BCUT2D eigenvalue weighted by molar-refractivity contribution is -0.207. The fourth-order valence-electron chi connectivity index (χ4n) is 3.13. The Labute approximate surface area is 144 Å². The third-order valence-corrected chi connectivity index (χ3v) is 5.52. The Kier molecular flexibility index (Phi) is 5.22. The lowest BCUT2D eigenvalue weighted by Gasteiger charge is -2.41. The van der Waals surface area contributed by atoms with Crippen LogP contribution in [0, 0.1) is 5.92 Å². The smallest absolute Gasteiger partial charge is 0.121 e. The topological polar surface area (TPSA) is 90.2 Å². The summed E-state index contributed by atoms with van der Waals surface area (Å²) in [6, 6.07) is 9.22. The SMILES string of the molecule is C[C@H]1[C@H](O)[C@@H](O)[C@H](c2cc(Cc3cccs3)ccc2O)O[C@@H]1CO. The van der Waals surface area contributed by atoms with E-state index in [1.54, 1.807) is 30.4 Å². The van der Waals surface area contributed by atoms with Crippen molar-refractivity contribution in [3.8, 4) is 5.75 Å². The molecular formula is C18H22O5S. The number of hydrogen-bond acceptors (Lipinski definition) is 6. The van der Waals surface area contributed by atoms with Gasteiger partial charge in [0, 0.05) is 22.8 Å². The van der Waals surface area contributed by atoms with Crippen LogP contribution in [0.1, 0.15) is 29.0 Å². The van der Waals surface area contributed by atoms with Gasteiger partial charge in [-0.1, -0.05) is 19.1 Å². The Morgan fingerprint density at radius 3 is 2.62 bits per heavy atom. The zero-order valence-corrected chi connectivity index (χ0v) is 14.2. The van der Waals surface area contributed by atoms with E-state index in [1.165, 1.54) is 4.88 Å². The summed E-state index contributed by atoms with van der Waals surface area (Å²) in [7, 11) is 0. The van der Waals surface area contributed by atoms with E-state index in [9.17, 15) is 20.4 Å². The van der Waals surface area contributed by atoms with Crippen molar-refractivity contribution in [3.63, 3.8) is 0 Å². The fourth-order valence-corrected chi connectivity index (χ4v) is 3.86. The molecule has 4 N–H and O–H groups in total. The van der Waals surface area contributed by atoms with E-state index in [-0.39, 0.29) is 12.4 Å². The molecule has 6 heteroatoms. The molecule has 24 heavy (non-hydrogen) atoms. The lowest BCUT2D eigenvalue weighted by Crippen LogP contribution is -2.50. The van der Waals surface area contributed by atoms with Crippen molar-refractivity contribution in [2.75, 3.05) is 6.61 Å². The second kappa shape index (κ2) is 7.21. The summed E-state index contributed by atoms with van der Waals surface area (Å²) in [6.45, 7) is 1.47. The van der Waals surface area contributed by atoms with Crippen LogP contribution in [0.5, 0.6) is 5.75 Å². The van der Waals surface area contributed by atoms with E-state index < -0.39 is 30.3 Å². The van der Waals surface area contributed by atoms with Gasteiger partial charge >= 0.3 is 0 Å². The monoisotopic (exact) mass is 350 g/mol. The molecule has 2 heterocycles. The molecule has 0 spiro atoms. The number of phenols is 1. The minimum Gasteiger partial charge on any atom is -0.508 e. The third-order valence-electron chi connectivity index (χ3n) is 4.64. The second-order valence-electron chi connectivity index (χ2n) is 6.27. The highest BCUT2D eigenvalue weighted by molar-refractivity contribution is 7.09. The summed E-state index contributed by atoms with van der Waals surface area (Å²) >= 11 is 1.65. The van der Waals surface area contributed by atoms with Gasteiger partial charge in [-0.25, -0.2) is 0 Å². The van der Waals surface area contributed by atoms with Crippen LogP contribution >= 0.6 is 11.3 Å². The highest BCUT2D eigenvalue weighted by Gasteiger charge is 2.43. The number of phenolic OH excluding ortho intramolecular Hbond substituents is 1. The van der Waals surface area contributed by atoms with Gasteiger partial charge in [0.25, 0.3) is 0 Å². The molecule has 0 radical (unpaired) electrons. The number of hydrogen-bond donors (Lipinski definition) is 4. The van der Waals surface area contributed by atoms with Gasteiger partial charge in [0.2, 0.25) is 0 Å². The average molecular weight is 350 g/mol. The third kappa shape index (κ3) is 3.34. The lowest BCUT2D eigenvalue weighted by atomic mass is 9.85. The zero-order chi connectivity index (χ0) is 17.3. The molecular weight excluding hydrogens is 328 g/mol. The summed E-state index contributed by atoms with van der Waals surface area (Å²) in [6.07, 6.45) is -2.94. The van der Waals surface area contributed by atoms with E-state index in [1.807, 2.05) is 23.6 Å². The number of ether oxygens (including phenoxy) is 1. The molecule has 1 aliphatic rings. The number of rotatable bonds is 4. The Morgan fingerprint density at radius 1 is 1.17 bits per heavy atom. The molecule has 0 unspecified atom stereocenters. The van der Waals surface area contributed by atoms with Crippen molar-refractivity contribution >= 4 is 11.3 Å². The Morgan fingerprint density at radius 2 is 1.96 bits per heavy atom. The van der Waals surface area contributed by atoms with Gasteiger partial charge in [0.1, 0.15) is 18.0 Å². The maximum atomic E-state index is 10.4. The normalized spacial score (nSPS) is 30.4. The summed E-state index contributed by atoms with van der Waals surface area (Å²) in [4.78, 5) is 1.19. The van der Waals surface area contributed by atoms with Gasteiger partial charge in [0.05, 0.1) is 18.8 Å². The largest absolute Gasteiger partial charge is 0.508 e. The summed E-state index contributed by atoms with van der Waals surface area (Å²) < 4.78 is 5.77. The Balaban J connectivity index is 1.89. The molecule has 130 valence electrons. The summed E-state index contributed by atoms with van der Waals surface area (Å²) in [5, 5.41) is 42.3. The first-order chi connectivity index (χ1) is 11.5. The van der Waals surface area contributed by atoms with Crippen molar-refractivity contribution in [1.82, 2.24) is 0 Å². The number of aromatic hydroxyl groups is 1. The highest BCUT2D eigenvalue weighted by atomic mass is 32.1. The van der Waals surface area contributed by atoms with Gasteiger partial charge in [-0.2, -0.15) is 0 Å². The molecule has 0 saturated carbocycles. The summed E-state index contributed by atoms with van der Waals surface area (Å²) in [5.74, 6) is -0.384. The minimum absolute atomic E-state index is 0.00687. The molecule has 1 saturated heterocycles. The van der Waals surface area contributed by atoms with E-state index in [0.29, 0.717) is 5.56 Å². The van der Waals surface area contributed by atoms with Crippen LogP contribution in [0.4, 0.5) is 0 Å². The van der Waals surface area contributed by atoms with Gasteiger partial charge in [0.15, 0.2) is 0 Å². The predicted molar refractivity (Wildman–Crippen MR) is 91.1 cm³/mol.